The van der Waals surface area contributed by atoms with Crippen molar-refractivity contribution in [1.82, 2.24) is 9.47 Å². The van der Waals surface area contributed by atoms with Gasteiger partial charge in [-0.2, -0.15) is 11.3 Å². The number of ether oxygens (including phenoxy) is 1. The Kier molecular flexibility index (Phi) is 7.10. The third-order valence-corrected chi connectivity index (χ3v) is 6.10. The molecule has 0 unspecified atom stereocenters. The number of carbonyl (C=O) groups excluding carboxylic acids is 1. The molecule has 0 radical (unpaired) electrons. The quantitative estimate of drug-likeness (QED) is 0.711. The minimum absolute atomic E-state index is 0.321. The molecule has 3 rings (SSSR count). The predicted octanol–water partition coefficient (Wildman–Crippen LogP) is 3.69. The molecule has 1 amide bonds. The molecule has 0 atom stereocenters. The Balaban J connectivity index is 1.88. The van der Waals surface area contributed by atoms with Crippen LogP contribution in [0.1, 0.15) is 47.9 Å². The van der Waals surface area contributed by atoms with Gasteiger partial charge in [-0.3, -0.25) is 9.69 Å². The fourth-order valence-corrected chi connectivity index (χ4v) is 4.65. The van der Waals surface area contributed by atoms with Crippen molar-refractivity contribution in [1.29, 1.82) is 0 Å². The molecule has 148 valence electrons. The summed E-state index contributed by atoms with van der Waals surface area (Å²) in [5.41, 5.74) is 11.0. The molecule has 5 nitrogen and oxygen atoms in total. The predicted molar refractivity (Wildman–Crippen MR) is 111 cm³/mol. The molecule has 0 saturated carbocycles. The van der Waals surface area contributed by atoms with E-state index in [1.54, 1.807) is 11.3 Å². The highest BCUT2D eigenvalue weighted by Gasteiger charge is 2.24. The van der Waals surface area contributed by atoms with Crippen LogP contribution in [0.4, 0.5) is 0 Å². The summed E-state index contributed by atoms with van der Waals surface area (Å²) in [6, 6.07) is 2.10. The minimum atomic E-state index is -0.321. The number of aromatic nitrogens is 1. The molecule has 3 heterocycles. The Morgan fingerprint density at radius 2 is 2.04 bits per heavy atom. The van der Waals surface area contributed by atoms with Crippen LogP contribution in [0.3, 0.4) is 0 Å². The van der Waals surface area contributed by atoms with Crippen molar-refractivity contribution in [3.05, 3.63) is 33.8 Å². The standard InChI is InChI=1S/C21H31N3O2S/c1-3-4-6-18-20(17-7-14-27-15-17)19(21(22)25)16(2)24(18)9-5-8-23-10-12-26-13-11-23/h7,14-15H,3-6,8-13H2,1-2H3,(H2,22,25). The van der Waals surface area contributed by atoms with Gasteiger partial charge in [0, 0.05) is 43.1 Å². The number of carbonyl (C=O) groups is 1. The van der Waals surface area contributed by atoms with E-state index in [1.807, 2.05) is 6.92 Å². The first-order valence-corrected chi connectivity index (χ1v) is 10.9. The van der Waals surface area contributed by atoms with Gasteiger partial charge in [-0.05, 0) is 48.6 Å². The Hall–Kier alpha value is -1.63. The van der Waals surface area contributed by atoms with E-state index in [2.05, 4.69) is 33.2 Å². The topological polar surface area (TPSA) is 60.5 Å². The second kappa shape index (κ2) is 9.53. The highest BCUT2D eigenvalue weighted by atomic mass is 32.1. The lowest BCUT2D eigenvalue weighted by atomic mass is 10.00. The lowest BCUT2D eigenvalue weighted by Gasteiger charge is -2.26. The van der Waals surface area contributed by atoms with Gasteiger partial charge < -0.3 is 15.0 Å². The Morgan fingerprint density at radius 3 is 2.67 bits per heavy atom. The molecule has 6 heteroatoms. The van der Waals surface area contributed by atoms with Gasteiger partial charge in [0.25, 0.3) is 5.91 Å². The number of hydrogen-bond acceptors (Lipinski definition) is 4. The summed E-state index contributed by atoms with van der Waals surface area (Å²) in [6.45, 7) is 9.93. The normalized spacial score (nSPS) is 15.3. The van der Waals surface area contributed by atoms with Crippen LogP contribution in [0.5, 0.6) is 0 Å². The molecule has 2 aromatic heterocycles. The number of rotatable bonds is 9. The number of hydrogen-bond donors (Lipinski definition) is 1. The van der Waals surface area contributed by atoms with Crippen LogP contribution in [0, 0.1) is 6.92 Å². The van der Waals surface area contributed by atoms with Crippen molar-refractivity contribution in [3.8, 4) is 11.1 Å². The maximum Gasteiger partial charge on any atom is 0.251 e. The molecule has 2 N–H and O–H groups in total. The van der Waals surface area contributed by atoms with E-state index in [4.69, 9.17) is 10.5 Å². The van der Waals surface area contributed by atoms with E-state index in [-0.39, 0.29) is 5.91 Å². The Morgan fingerprint density at radius 1 is 1.26 bits per heavy atom. The molecular weight excluding hydrogens is 358 g/mol. The molecular formula is C21H31N3O2S. The van der Waals surface area contributed by atoms with Gasteiger partial charge in [-0.25, -0.2) is 0 Å². The zero-order chi connectivity index (χ0) is 19.2. The molecule has 1 fully saturated rings. The van der Waals surface area contributed by atoms with Crippen LogP contribution >= 0.6 is 11.3 Å². The number of primary amides is 1. The summed E-state index contributed by atoms with van der Waals surface area (Å²) in [4.78, 5) is 14.7. The summed E-state index contributed by atoms with van der Waals surface area (Å²) in [7, 11) is 0. The van der Waals surface area contributed by atoms with Gasteiger partial charge in [-0.1, -0.05) is 13.3 Å². The number of morpholine rings is 1. The first-order chi connectivity index (χ1) is 13.1. The molecule has 27 heavy (non-hydrogen) atoms. The summed E-state index contributed by atoms with van der Waals surface area (Å²) in [5.74, 6) is -0.321. The van der Waals surface area contributed by atoms with Crippen LogP contribution in [0.2, 0.25) is 0 Å². The Labute approximate surface area is 166 Å². The first kappa shape index (κ1) is 20.1. The number of nitrogens with zero attached hydrogens (tertiary/aromatic N) is 2. The van der Waals surface area contributed by atoms with Gasteiger partial charge in [0.15, 0.2) is 0 Å². The van der Waals surface area contributed by atoms with E-state index in [0.717, 1.165) is 81.9 Å². The van der Waals surface area contributed by atoms with Gasteiger partial charge in [-0.15, -0.1) is 0 Å². The number of nitrogens with two attached hydrogens (primary N) is 1. The maximum absolute atomic E-state index is 12.3. The lowest BCUT2D eigenvalue weighted by molar-refractivity contribution is 0.0369. The smallest absolute Gasteiger partial charge is 0.251 e. The van der Waals surface area contributed by atoms with Crippen LogP contribution in [-0.4, -0.2) is 48.2 Å². The second-order valence-corrected chi connectivity index (χ2v) is 8.00. The molecule has 0 aliphatic carbocycles. The monoisotopic (exact) mass is 389 g/mol. The lowest BCUT2D eigenvalue weighted by Crippen LogP contribution is -2.37. The summed E-state index contributed by atoms with van der Waals surface area (Å²) >= 11 is 1.66. The van der Waals surface area contributed by atoms with Crippen molar-refractivity contribution >= 4 is 17.2 Å². The highest BCUT2D eigenvalue weighted by Crippen LogP contribution is 2.35. The van der Waals surface area contributed by atoms with Crippen LogP contribution in [0.15, 0.2) is 16.8 Å². The van der Waals surface area contributed by atoms with E-state index < -0.39 is 0 Å². The van der Waals surface area contributed by atoms with Crippen molar-refractivity contribution in [2.45, 2.75) is 46.1 Å². The van der Waals surface area contributed by atoms with E-state index in [1.165, 1.54) is 5.69 Å². The summed E-state index contributed by atoms with van der Waals surface area (Å²) < 4.78 is 7.79. The SMILES string of the molecule is CCCCc1c(-c2ccsc2)c(C(N)=O)c(C)n1CCCN1CCOCC1. The third kappa shape index (κ3) is 4.62. The van der Waals surface area contributed by atoms with Crippen LogP contribution in [0.25, 0.3) is 11.1 Å². The zero-order valence-electron chi connectivity index (χ0n) is 16.5. The minimum Gasteiger partial charge on any atom is -0.379 e. The highest BCUT2D eigenvalue weighted by molar-refractivity contribution is 7.08. The van der Waals surface area contributed by atoms with Gasteiger partial charge in [0.1, 0.15) is 0 Å². The van der Waals surface area contributed by atoms with Gasteiger partial charge in [0.2, 0.25) is 0 Å². The fraction of sp³-hybridized carbons (Fsp3) is 0.571. The van der Waals surface area contributed by atoms with E-state index in [9.17, 15) is 4.79 Å². The molecule has 1 aliphatic rings. The average molecular weight is 390 g/mol. The van der Waals surface area contributed by atoms with Crippen molar-refractivity contribution in [2.24, 2.45) is 5.73 Å². The average Bonchev–Trinajstić information content (AvgIpc) is 3.28. The largest absolute Gasteiger partial charge is 0.379 e. The fourth-order valence-electron chi connectivity index (χ4n) is 4.00. The molecule has 0 bridgehead atoms. The zero-order valence-corrected chi connectivity index (χ0v) is 17.3. The van der Waals surface area contributed by atoms with Crippen molar-refractivity contribution in [3.63, 3.8) is 0 Å². The van der Waals surface area contributed by atoms with E-state index in [0.29, 0.717) is 5.56 Å². The number of unbranched alkanes of at least 4 members (excludes halogenated alkanes) is 1. The Bertz CT molecular complexity index is 746. The second-order valence-electron chi connectivity index (χ2n) is 7.22. The van der Waals surface area contributed by atoms with Crippen molar-refractivity contribution < 1.29 is 9.53 Å². The number of amides is 1. The first-order valence-electron chi connectivity index (χ1n) is 9.98. The van der Waals surface area contributed by atoms with E-state index >= 15 is 0 Å². The molecule has 0 aromatic carbocycles. The summed E-state index contributed by atoms with van der Waals surface area (Å²) in [5, 5.41) is 4.18. The molecule has 2 aromatic rings. The third-order valence-electron chi connectivity index (χ3n) is 5.41. The van der Waals surface area contributed by atoms with Crippen LogP contribution in [-0.2, 0) is 17.7 Å². The van der Waals surface area contributed by atoms with Crippen molar-refractivity contribution in [2.75, 3.05) is 32.8 Å². The van der Waals surface area contributed by atoms with Gasteiger partial charge in [0.05, 0.1) is 18.8 Å². The molecule has 0 spiro atoms. The number of thiophene rings is 1. The maximum atomic E-state index is 12.3. The molecule has 1 aliphatic heterocycles. The summed E-state index contributed by atoms with van der Waals surface area (Å²) in [6.07, 6.45) is 4.29. The van der Waals surface area contributed by atoms with Gasteiger partial charge >= 0.3 is 0 Å². The van der Waals surface area contributed by atoms with Crippen LogP contribution < -0.4 is 5.73 Å². The molecule has 1 saturated heterocycles.